The van der Waals surface area contributed by atoms with Crippen molar-refractivity contribution >= 4 is 9.84 Å². The number of phenols is 2. The number of benzene rings is 4. The predicted octanol–water partition coefficient (Wildman–Crippen LogP) is 6.13. The monoisotopic (exact) mass is 462 g/mol. The van der Waals surface area contributed by atoms with E-state index >= 15 is 0 Å². The van der Waals surface area contributed by atoms with E-state index in [1.54, 1.807) is 48.5 Å². The summed E-state index contributed by atoms with van der Waals surface area (Å²) in [5.41, 5.74) is 1.52. The molecule has 33 heavy (non-hydrogen) atoms. The summed E-state index contributed by atoms with van der Waals surface area (Å²) in [6.07, 6.45) is 0. The third-order valence-electron chi connectivity index (χ3n) is 5.04. The molecule has 168 valence electrons. The fraction of sp³-hybridized carbons (Fsp3) is 0.0769. The molecular formula is C26H22O6S. The minimum absolute atomic E-state index is 0.139. The minimum atomic E-state index is -3.72. The topological polar surface area (TPSA) is 93.1 Å². The average molecular weight is 463 g/mol. The highest BCUT2D eigenvalue weighted by atomic mass is 32.2. The van der Waals surface area contributed by atoms with Crippen LogP contribution >= 0.6 is 0 Å². The second kappa shape index (κ2) is 8.88. The molecule has 0 fully saturated rings. The summed E-state index contributed by atoms with van der Waals surface area (Å²) in [5, 5.41) is 19.0. The van der Waals surface area contributed by atoms with E-state index < -0.39 is 9.84 Å². The Morgan fingerprint density at radius 2 is 0.939 bits per heavy atom. The van der Waals surface area contributed by atoms with Crippen LogP contribution in [0.2, 0.25) is 0 Å². The molecule has 0 bridgehead atoms. The van der Waals surface area contributed by atoms with E-state index in [2.05, 4.69) is 0 Å². The number of rotatable bonds is 6. The van der Waals surface area contributed by atoms with Crippen LogP contribution in [0.15, 0.2) is 94.7 Å². The van der Waals surface area contributed by atoms with Crippen molar-refractivity contribution in [3.05, 3.63) is 96.1 Å². The van der Waals surface area contributed by atoms with Crippen LogP contribution in [0.5, 0.6) is 34.5 Å². The summed E-state index contributed by atoms with van der Waals surface area (Å²) in [5.74, 6) is 2.41. The summed E-state index contributed by atoms with van der Waals surface area (Å²) in [6.45, 7) is 3.62. The number of aromatic hydroxyl groups is 2. The second-order valence-electron chi connectivity index (χ2n) is 7.55. The molecule has 7 heteroatoms. The molecule has 2 N–H and O–H groups in total. The largest absolute Gasteiger partial charge is 0.508 e. The lowest BCUT2D eigenvalue weighted by atomic mass is 10.2. The molecule has 4 aromatic rings. The molecule has 0 saturated heterocycles. The Morgan fingerprint density at radius 3 is 1.27 bits per heavy atom. The number of hydrogen-bond donors (Lipinski definition) is 2. The lowest BCUT2D eigenvalue weighted by Gasteiger charge is -2.11. The number of phenolic OH excluding ortho intramolecular Hbond substituents is 2. The predicted molar refractivity (Wildman–Crippen MR) is 124 cm³/mol. The Hall–Kier alpha value is -3.97. The van der Waals surface area contributed by atoms with Crippen LogP contribution in [0.3, 0.4) is 0 Å². The fourth-order valence-corrected chi connectivity index (χ4v) is 4.52. The molecule has 0 unspecified atom stereocenters. The summed E-state index contributed by atoms with van der Waals surface area (Å²) in [4.78, 5) is 0.278. The van der Waals surface area contributed by atoms with Gasteiger partial charge in [-0.15, -0.1) is 0 Å². The maximum absolute atomic E-state index is 13.0. The van der Waals surface area contributed by atoms with Gasteiger partial charge in [-0.05, 0) is 110 Å². The van der Waals surface area contributed by atoms with Gasteiger partial charge in [0.05, 0.1) is 9.79 Å². The van der Waals surface area contributed by atoms with Crippen LogP contribution in [-0.4, -0.2) is 18.6 Å². The highest BCUT2D eigenvalue weighted by Crippen LogP contribution is 2.31. The first-order valence-electron chi connectivity index (χ1n) is 10.1. The Morgan fingerprint density at radius 1 is 0.576 bits per heavy atom. The summed E-state index contributed by atoms with van der Waals surface area (Å²) in [7, 11) is -3.72. The zero-order valence-electron chi connectivity index (χ0n) is 18.0. The second-order valence-corrected chi connectivity index (χ2v) is 9.50. The highest BCUT2D eigenvalue weighted by molar-refractivity contribution is 7.91. The van der Waals surface area contributed by atoms with E-state index in [9.17, 15) is 18.6 Å². The van der Waals surface area contributed by atoms with Crippen LogP contribution in [-0.2, 0) is 9.84 Å². The summed E-state index contributed by atoms with van der Waals surface area (Å²) >= 11 is 0. The maximum atomic E-state index is 13.0. The van der Waals surface area contributed by atoms with Crippen molar-refractivity contribution in [1.29, 1.82) is 0 Å². The van der Waals surface area contributed by atoms with E-state index in [1.807, 2.05) is 13.8 Å². The van der Waals surface area contributed by atoms with E-state index in [0.717, 1.165) is 11.1 Å². The van der Waals surface area contributed by atoms with Crippen LogP contribution in [0.4, 0.5) is 0 Å². The van der Waals surface area contributed by atoms with Crippen LogP contribution < -0.4 is 9.47 Å². The summed E-state index contributed by atoms with van der Waals surface area (Å²) < 4.78 is 37.6. The van der Waals surface area contributed by atoms with Gasteiger partial charge in [0.2, 0.25) is 9.84 Å². The van der Waals surface area contributed by atoms with Gasteiger partial charge in [-0.3, -0.25) is 0 Å². The molecule has 0 atom stereocenters. The molecule has 6 nitrogen and oxygen atoms in total. The van der Waals surface area contributed by atoms with Crippen molar-refractivity contribution in [3.63, 3.8) is 0 Å². The van der Waals surface area contributed by atoms with Crippen molar-refractivity contribution in [1.82, 2.24) is 0 Å². The number of aryl methyl sites for hydroxylation is 2. The Labute approximate surface area is 192 Å². The van der Waals surface area contributed by atoms with Gasteiger partial charge in [-0.25, -0.2) is 8.42 Å². The Bertz CT molecular complexity index is 1290. The molecule has 0 amide bonds. The number of hydrogen-bond acceptors (Lipinski definition) is 6. The Kier molecular flexibility index (Phi) is 5.98. The van der Waals surface area contributed by atoms with Gasteiger partial charge in [0.15, 0.2) is 0 Å². The molecule has 0 aliphatic carbocycles. The fourth-order valence-electron chi connectivity index (χ4n) is 3.26. The van der Waals surface area contributed by atoms with Crippen LogP contribution in [0.25, 0.3) is 0 Å². The molecule has 0 aliphatic rings. The third kappa shape index (κ3) is 4.94. The van der Waals surface area contributed by atoms with Gasteiger partial charge < -0.3 is 19.7 Å². The zero-order valence-corrected chi connectivity index (χ0v) is 18.8. The molecule has 0 saturated carbocycles. The van der Waals surface area contributed by atoms with Gasteiger partial charge in [-0.2, -0.15) is 0 Å². The standard InChI is InChI=1S/C26H22O6S/c1-17-15-19(27)3-13-25(17)31-21-5-9-23(10-6-21)33(29,30)24-11-7-22(8-12-24)32-26-14-4-20(28)16-18(26)2/h3-16,27-28H,1-2H3. The first-order valence-corrected chi connectivity index (χ1v) is 11.6. The van der Waals surface area contributed by atoms with Crippen molar-refractivity contribution in [2.24, 2.45) is 0 Å². The lowest BCUT2D eigenvalue weighted by molar-refractivity contribution is 0.461. The number of sulfone groups is 1. The molecule has 0 aliphatic heterocycles. The van der Waals surface area contributed by atoms with Crippen LogP contribution in [0, 0.1) is 13.8 Å². The minimum Gasteiger partial charge on any atom is -0.508 e. The first-order chi connectivity index (χ1) is 15.7. The third-order valence-corrected chi connectivity index (χ3v) is 6.83. The highest BCUT2D eigenvalue weighted by Gasteiger charge is 2.18. The normalized spacial score (nSPS) is 11.2. The Balaban J connectivity index is 1.50. The van der Waals surface area contributed by atoms with E-state index in [4.69, 9.17) is 9.47 Å². The SMILES string of the molecule is Cc1cc(O)ccc1Oc1ccc(S(=O)(=O)c2ccc(Oc3ccc(O)cc3C)cc2)cc1. The van der Waals surface area contributed by atoms with Gasteiger partial charge in [0.1, 0.15) is 34.5 Å². The molecule has 4 aromatic carbocycles. The number of ether oxygens (including phenoxy) is 2. The van der Waals surface area contributed by atoms with Gasteiger partial charge in [-0.1, -0.05) is 0 Å². The lowest BCUT2D eigenvalue weighted by Crippen LogP contribution is -2.02. The van der Waals surface area contributed by atoms with Gasteiger partial charge >= 0.3 is 0 Å². The molecular weight excluding hydrogens is 440 g/mol. The van der Waals surface area contributed by atoms with Crippen LogP contribution in [0.1, 0.15) is 11.1 Å². The quantitative estimate of drug-likeness (QED) is 0.358. The van der Waals surface area contributed by atoms with Crippen molar-refractivity contribution < 1.29 is 28.1 Å². The van der Waals surface area contributed by atoms with Gasteiger partial charge in [0.25, 0.3) is 0 Å². The van der Waals surface area contributed by atoms with E-state index in [-0.39, 0.29) is 21.3 Å². The van der Waals surface area contributed by atoms with Crippen molar-refractivity contribution in [2.45, 2.75) is 23.6 Å². The van der Waals surface area contributed by atoms with E-state index in [1.165, 1.54) is 36.4 Å². The summed E-state index contributed by atoms with van der Waals surface area (Å²) in [6, 6.07) is 21.8. The molecule has 4 rings (SSSR count). The molecule has 0 heterocycles. The average Bonchev–Trinajstić information content (AvgIpc) is 2.78. The maximum Gasteiger partial charge on any atom is 0.206 e. The van der Waals surface area contributed by atoms with Crippen molar-refractivity contribution in [2.75, 3.05) is 0 Å². The first kappa shape index (κ1) is 22.2. The molecule has 0 radical (unpaired) electrons. The molecule has 0 spiro atoms. The van der Waals surface area contributed by atoms with Gasteiger partial charge in [0, 0.05) is 0 Å². The van der Waals surface area contributed by atoms with Crippen molar-refractivity contribution in [3.8, 4) is 34.5 Å². The smallest absolute Gasteiger partial charge is 0.206 e. The van der Waals surface area contributed by atoms with E-state index in [0.29, 0.717) is 23.0 Å². The zero-order chi connectivity index (χ0) is 23.6. The molecule has 0 aromatic heterocycles.